The minimum absolute atomic E-state index is 0.0481. The van der Waals surface area contributed by atoms with Gasteiger partial charge in [0.15, 0.2) is 5.16 Å². The molecule has 0 saturated carbocycles. The Hall–Kier alpha value is -2.53. The SMILES string of the molecule is FC(F)(F)c1cccc(Oc2ccc(Nc3ccnc(SCCN4CCOCC4)n3)cc2Cl)c1. The van der Waals surface area contributed by atoms with Crippen LogP contribution in [0.1, 0.15) is 5.56 Å². The molecule has 1 N–H and O–H groups in total. The van der Waals surface area contributed by atoms with E-state index < -0.39 is 11.7 Å². The molecule has 0 bridgehead atoms. The Morgan fingerprint density at radius 1 is 1.12 bits per heavy atom. The van der Waals surface area contributed by atoms with E-state index in [4.69, 9.17) is 21.1 Å². The van der Waals surface area contributed by atoms with E-state index in [2.05, 4.69) is 20.2 Å². The van der Waals surface area contributed by atoms with Crippen LogP contribution in [-0.4, -0.2) is 53.5 Å². The Balaban J connectivity index is 1.35. The second-order valence-corrected chi connectivity index (χ2v) is 8.89. The Kier molecular flexibility index (Phi) is 8.15. The van der Waals surface area contributed by atoms with Crippen LogP contribution in [0.4, 0.5) is 24.7 Å². The molecular formula is C23H22ClF3N4O2S. The van der Waals surface area contributed by atoms with Gasteiger partial charge in [0.2, 0.25) is 0 Å². The first-order valence-corrected chi connectivity index (χ1v) is 11.9. The van der Waals surface area contributed by atoms with Crippen molar-refractivity contribution in [1.29, 1.82) is 0 Å². The summed E-state index contributed by atoms with van der Waals surface area (Å²) in [5.74, 6) is 1.77. The first kappa shape index (κ1) is 24.6. The summed E-state index contributed by atoms with van der Waals surface area (Å²) in [6.45, 7) is 4.37. The second-order valence-electron chi connectivity index (χ2n) is 7.42. The molecule has 180 valence electrons. The monoisotopic (exact) mass is 510 g/mol. The summed E-state index contributed by atoms with van der Waals surface area (Å²) < 4.78 is 49.7. The summed E-state index contributed by atoms with van der Waals surface area (Å²) in [6.07, 6.45) is -2.77. The summed E-state index contributed by atoms with van der Waals surface area (Å²) in [5, 5.41) is 4.07. The number of benzene rings is 2. The van der Waals surface area contributed by atoms with Crippen molar-refractivity contribution in [3.63, 3.8) is 0 Å². The molecule has 0 aliphatic carbocycles. The Morgan fingerprint density at radius 2 is 1.94 bits per heavy atom. The highest BCUT2D eigenvalue weighted by atomic mass is 35.5. The van der Waals surface area contributed by atoms with E-state index in [1.165, 1.54) is 12.1 Å². The molecule has 1 aromatic heterocycles. The molecule has 34 heavy (non-hydrogen) atoms. The zero-order chi connectivity index (χ0) is 24.0. The van der Waals surface area contributed by atoms with Crippen LogP contribution < -0.4 is 10.1 Å². The van der Waals surface area contributed by atoms with E-state index >= 15 is 0 Å². The topological polar surface area (TPSA) is 59.5 Å². The molecule has 4 rings (SSSR count). The molecule has 2 aromatic carbocycles. The van der Waals surface area contributed by atoms with E-state index in [0.717, 1.165) is 50.7 Å². The van der Waals surface area contributed by atoms with Crippen LogP contribution in [0.3, 0.4) is 0 Å². The molecule has 1 fully saturated rings. The fourth-order valence-electron chi connectivity index (χ4n) is 3.24. The van der Waals surface area contributed by atoms with Crippen LogP contribution in [-0.2, 0) is 10.9 Å². The van der Waals surface area contributed by atoms with Crippen LogP contribution in [0.2, 0.25) is 5.02 Å². The average Bonchev–Trinajstić information content (AvgIpc) is 2.82. The van der Waals surface area contributed by atoms with E-state index in [9.17, 15) is 13.2 Å². The van der Waals surface area contributed by atoms with E-state index in [-0.39, 0.29) is 16.5 Å². The van der Waals surface area contributed by atoms with Gasteiger partial charge in [0, 0.05) is 37.3 Å². The molecule has 1 aliphatic rings. The fourth-order valence-corrected chi connectivity index (χ4v) is 4.29. The zero-order valence-corrected chi connectivity index (χ0v) is 19.6. The molecule has 2 heterocycles. The lowest BCUT2D eigenvalue weighted by Crippen LogP contribution is -2.37. The number of thioether (sulfide) groups is 1. The van der Waals surface area contributed by atoms with Crippen molar-refractivity contribution in [3.8, 4) is 11.5 Å². The number of ether oxygens (including phenoxy) is 2. The van der Waals surface area contributed by atoms with Gasteiger partial charge in [0.05, 0.1) is 23.8 Å². The van der Waals surface area contributed by atoms with Crippen LogP contribution in [0.5, 0.6) is 11.5 Å². The lowest BCUT2D eigenvalue weighted by molar-refractivity contribution is -0.137. The first-order valence-electron chi connectivity index (χ1n) is 10.5. The van der Waals surface area contributed by atoms with Gasteiger partial charge in [0.1, 0.15) is 17.3 Å². The average molecular weight is 511 g/mol. The van der Waals surface area contributed by atoms with Gasteiger partial charge in [-0.1, -0.05) is 29.4 Å². The van der Waals surface area contributed by atoms with Gasteiger partial charge in [-0.05, 0) is 42.5 Å². The molecular weight excluding hydrogens is 489 g/mol. The summed E-state index contributed by atoms with van der Waals surface area (Å²) in [4.78, 5) is 11.2. The Morgan fingerprint density at radius 3 is 2.71 bits per heavy atom. The van der Waals surface area contributed by atoms with Crippen LogP contribution in [0.25, 0.3) is 0 Å². The molecule has 1 aliphatic heterocycles. The molecule has 3 aromatic rings. The first-order chi connectivity index (χ1) is 16.4. The van der Waals surface area contributed by atoms with Crippen molar-refractivity contribution in [2.75, 3.05) is 43.9 Å². The molecule has 0 unspecified atom stereocenters. The normalized spacial score (nSPS) is 14.7. The van der Waals surface area contributed by atoms with Crippen molar-refractivity contribution in [2.45, 2.75) is 11.3 Å². The zero-order valence-electron chi connectivity index (χ0n) is 18.0. The lowest BCUT2D eigenvalue weighted by atomic mass is 10.2. The van der Waals surface area contributed by atoms with Crippen LogP contribution in [0.15, 0.2) is 59.9 Å². The lowest BCUT2D eigenvalue weighted by Gasteiger charge is -2.26. The number of aromatic nitrogens is 2. The minimum atomic E-state index is -4.45. The van der Waals surface area contributed by atoms with Crippen molar-refractivity contribution in [1.82, 2.24) is 14.9 Å². The van der Waals surface area contributed by atoms with Gasteiger partial charge in [-0.15, -0.1) is 0 Å². The molecule has 0 spiro atoms. The summed E-state index contributed by atoms with van der Waals surface area (Å²) in [5.41, 5.74) is -0.133. The van der Waals surface area contributed by atoms with E-state index in [1.54, 1.807) is 42.2 Å². The van der Waals surface area contributed by atoms with Crippen molar-refractivity contribution < 1.29 is 22.6 Å². The Labute approximate surface area is 204 Å². The maximum Gasteiger partial charge on any atom is 0.416 e. The number of alkyl halides is 3. The van der Waals surface area contributed by atoms with E-state index in [0.29, 0.717) is 16.7 Å². The van der Waals surface area contributed by atoms with Crippen LogP contribution in [0, 0.1) is 0 Å². The third-order valence-electron chi connectivity index (χ3n) is 4.97. The maximum atomic E-state index is 12.9. The summed E-state index contributed by atoms with van der Waals surface area (Å²) in [6, 6.07) is 11.3. The van der Waals surface area contributed by atoms with Crippen molar-refractivity contribution in [3.05, 3.63) is 65.3 Å². The number of morpholine rings is 1. The van der Waals surface area contributed by atoms with Crippen LogP contribution >= 0.6 is 23.4 Å². The number of hydrogen-bond donors (Lipinski definition) is 1. The highest BCUT2D eigenvalue weighted by Crippen LogP contribution is 2.35. The van der Waals surface area contributed by atoms with Gasteiger partial charge >= 0.3 is 6.18 Å². The molecule has 6 nitrogen and oxygen atoms in total. The molecule has 0 radical (unpaired) electrons. The predicted octanol–water partition coefficient (Wildman–Crippen LogP) is 6.11. The number of hydrogen-bond acceptors (Lipinski definition) is 7. The third kappa shape index (κ3) is 6.99. The Bertz CT molecular complexity index is 1110. The van der Waals surface area contributed by atoms with Crippen molar-refractivity contribution in [2.24, 2.45) is 0 Å². The van der Waals surface area contributed by atoms with Crippen molar-refractivity contribution >= 4 is 34.9 Å². The van der Waals surface area contributed by atoms with E-state index in [1.807, 2.05) is 0 Å². The molecule has 1 saturated heterocycles. The number of rotatable bonds is 8. The molecule has 0 amide bonds. The summed E-state index contributed by atoms with van der Waals surface area (Å²) >= 11 is 7.89. The van der Waals surface area contributed by atoms with Gasteiger partial charge in [-0.3, -0.25) is 4.90 Å². The van der Waals surface area contributed by atoms with Gasteiger partial charge in [0.25, 0.3) is 0 Å². The third-order valence-corrected chi connectivity index (χ3v) is 6.11. The number of nitrogens with zero attached hydrogens (tertiary/aromatic N) is 3. The van der Waals surface area contributed by atoms with Gasteiger partial charge < -0.3 is 14.8 Å². The highest BCUT2D eigenvalue weighted by Gasteiger charge is 2.30. The smallest absolute Gasteiger partial charge is 0.416 e. The molecule has 0 atom stereocenters. The number of anilines is 2. The van der Waals surface area contributed by atoms with Gasteiger partial charge in [-0.2, -0.15) is 13.2 Å². The fraction of sp³-hybridized carbons (Fsp3) is 0.304. The molecule has 11 heteroatoms. The maximum absolute atomic E-state index is 12.9. The van der Waals surface area contributed by atoms with Gasteiger partial charge in [-0.25, -0.2) is 9.97 Å². The highest BCUT2D eigenvalue weighted by molar-refractivity contribution is 7.99. The predicted molar refractivity (Wildman–Crippen MR) is 126 cm³/mol. The standard InChI is InChI=1S/C23H22ClF3N4O2S/c24-19-15-17(4-5-20(19)33-18-3-1-2-16(14-18)23(25,26)27)29-21-6-7-28-22(30-21)34-13-10-31-8-11-32-12-9-31/h1-7,14-15H,8-13H2,(H,28,29,30). The number of nitrogens with one attached hydrogen (secondary N) is 1. The minimum Gasteiger partial charge on any atom is -0.456 e. The second kappa shape index (κ2) is 11.3. The summed E-state index contributed by atoms with van der Waals surface area (Å²) in [7, 11) is 0. The quantitative estimate of drug-likeness (QED) is 0.290. The largest absolute Gasteiger partial charge is 0.456 e. The number of halogens is 4.